The minimum Gasteiger partial charge on any atom is -0.481 e. The van der Waals surface area contributed by atoms with E-state index in [0.717, 1.165) is 0 Å². The van der Waals surface area contributed by atoms with Crippen LogP contribution in [-0.4, -0.2) is 119 Å². The van der Waals surface area contributed by atoms with E-state index in [1.807, 2.05) is 0 Å². The van der Waals surface area contributed by atoms with Crippen molar-refractivity contribution in [2.75, 3.05) is 6.61 Å². The van der Waals surface area contributed by atoms with Gasteiger partial charge in [-0.1, -0.05) is 13.8 Å². The number of ether oxygens (including phenoxy) is 3. The minimum absolute atomic E-state index is 0.0897. The van der Waals surface area contributed by atoms with Crippen molar-refractivity contribution in [3.63, 3.8) is 0 Å². The van der Waals surface area contributed by atoms with Gasteiger partial charge >= 0.3 is 11.9 Å². The topological polar surface area (TPSA) is 257 Å². The van der Waals surface area contributed by atoms with Crippen LogP contribution in [-0.2, 0) is 28.6 Å². The fourth-order valence-electron chi connectivity index (χ4n) is 9.02. The van der Waals surface area contributed by atoms with Crippen LogP contribution in [0.1, 0.15) is 65.0 Å². The van der Waals surface area contributed by atoms with Gasteiger partial charge in [-0.3, -0.25) is 9.59 Å². The van der Waals surface area contributed by atoms with Gasteiger partial charge in [0.2, 0.25) is 0 Å². The Morgan fingerprint density at radius 1 is 1.13 bits per heavy atom. The van der Waals surface area contributed by atoms with Gasteiger partial charge in [-0.2, -0.15) is 0 Å². The molecular weight excluding hydrogens is 612 g/mol. The van der Waals surface area contributed by atoms with Crippen molar-refractivity contribution in [2.24, 2.45) is 28.6 Å². The summed E-state index contributed by atoms with van der Waals surface area (Å²) >= 11 is 0. The predicted molar refractivity (Wildman–Crippen MR) is 152 cm³/mol. The molecule has 1 aromatic heterocycles. The van der Waals surface area contributed by atoms with Gasteiger partial charge in [-0.05, 0) is 38.7 Å². The Balaban J connectivity index is 1.63. The second-order valence-electron chi connectivity index (χ2n) is 14.3. The number of carboxylic acid groups (broad SMARTS) is 2. The van der Waals surface area contributed by atoms with Crippen LogP contribution in [0.15, 0.2) is 23.0 Å². The molecular formula is C31H44O15. The van der Waals surface area contributed by atoms with E-state index in [9.17, 15) is 55.2 Å². The highest BCUT2D eigenvalue weighted by molar-refractivity contribution is 5.89. The van der Waals surface area contributed by atoms with Gasteiger partial charge in [0.1, 0.15) is 35.8 Å². The molecule has 0 aromatic carbocycles. The standard InChI is InChI=1S/C31H44O15/c1-28(2,42)17-9-15(33)20-14(30(17,4)18(34)10-19(35)36)5-7-29(3,31(20)25(46-31)26(40)41)24(13-6-8-43-12-13)45-27-23(39)22(38)21(37)16(11-32)44-27/h6,8,12,14,16-18,20-25,27,32,34,37-39,42H,5,7,9-11H2,1-4H3,(H,35,36)(H,40,41)/t14?,16-,17?,18?,20?,21-,22+,23-,24-,25?,27+,29-,30?,31?/m0/s1. The molecule has 15 nitrogen and oxygen atoms in total. The zero-order valence-electron chi connectivity index (χ0n) is 26.1. The van der Waals surface area contributed by atoms with Gasteiger partial charge in [0, 0.05) is 28.7 Å². The summed E-state index contributed by atoms with van der Waals surface area (Å²) in [6.07, 6.45) is -10.5. The highest BCUT2D eigenvalue weighted by atomic mass is 16.7. The summed E-state index contributed by atoms with van der Waals surface area (Å²) in [4.78, 5) is 38.7. The number of hydrogen-bond donors (Lipinski definition) is 8. The summed E-state index contributed by atoms with van der Waals surface area (Å²) in [5, 5.41) is 83.9. The van der Waals surface area contributed by atoms with Crippen molar-refractivity contribution in [1.29, 1.82) is 0 Å². The lowest BCUT2D eigenvalue weighted by Crippen LogP contribution is -2.67. The number of aliphatic hydroxyl groups is 6. The Morgan fingerprint density at radius 3 is 2.33 bits per heavy atom. The average Bonchev–Trinajstić information content (AvgIpc) is 3.49. The first-order chi connectivity index (χ1) is 21.4. The molecule has 258 valence electrons. The largest absolute Gasteiger partial charge is 0.481 e. The molecule has 7 unspecified atom stereocenters. The third-order valence-electron chi connectivity index (χ3n) is 11.4. The second kappa shape index (κ2) is 11.9. The first-order valence-corrected chi connectivity index (χ1v) is 15.4. The molecule has 0 radical (unpaired) electrons. The lowest BCUT2D eigenvalue weighted by Gasteiger charge is -2.62. The SMILES string of the molecule is CC(C)(O)C1CC(=O)C2C(CC[C@@](C)([C@@H](O[C@H]3O[C@@H](CO)[C@H](O)[C@@H](O)[C@@H]3O)c3ccoc3)C23OC3C(=O)O)C1(C)C(O)CC(=O)O. The molecule has 15 heteroatoms. The quantitative estimate of drug-likeness (QED) is 0.149. The van der Waals surface area contributed by atoms with Crippen LogP contribution in [0.25, 0.3) is 0 Å². The van der Waals surface area contributed by atoms with Crippen LogP contribution in [0.3, 0.4) is 0 Å². The summed E-state index contributed by atoms with van der Waals surface area (Å²) in [6.45, 7) is 5.53. The predicted octanol–water partition coefficient (Wildman–Crippen LogP) is -0.406. The highest BCUT2D eigenvalue weighted by Gasteiger charge is 2.82. The van der Waals surface area contributed by atoms with Crippen molar-refractivity contribution in [2.45, 2.75) is 114 Å². The van der Waals surface area contributed by atoms with E-state index in [4.69, 9.17) is 18.6 Å². The van der Waals surface area contributed by atoms with Crippen LogP contribution in [0.2, 0.25) is 0 Å². The fraction of sp³-hybridized carbons (Fsp3) is 0.774. The van der Waals surface area contributed by atoms with Gasteiger partial charge in [0.25, 0.3) is 0 Å². The molecule has 3 heterocycles. The first kappa shape index (κ1) is 34.9. The number of aliphatic carboxylic acids is 2. The summed E-state index contributed by atoms with van der Waals surface area (Å²) < 4.78 is 23.4. The van der Waals surface area contributed by atoms with Crippen molar-refractivity contribution in [3.8, 4) is 0 Å². The van der Waals surface area contributed by atoms with Crippen LogP contribution in [0.4, 0.5) is 0 Å². The number of furan rings is 1. The van der Waals surface area contributed by atoms with E-state index in [1.165, 1.54) is 32.4 Å². The van der Waals surface area contributed by atoms with E-state index < -0.39 is 120 Å². The number of carbonyl (C=O) groups is 3. The number of aliphatic hydroxyl groups excluding tert-OH is 5. The maximum atomic E-state index is 14.2. The average molecular weight is 657 g/mol. The van der Waals surface area contributed by atoms with Gasteiger partial charge < -0.3 is 59.5 Å². The van der Waals surface area contributed by atoms with Crippen LogP contribution < -0.4 is 0 Å². The van der Waals surface area contributed by atoms with Crippen molar-refractivity contribution in [1.82, 2.24) is 0 Å². The monoisotopic (exact) mass is 656 g/mol. The maximum Gasteiger partial charge on any atom is 0.335 e. The Hall–Kier alpha value is -2.47. The Kier molecular flexibility index (Phi) is 9.01. The van der Waals surface area contributed by atoms with E-state index in [1.54, 1.807) is 13.8 Å². The van der Waals surface area contributed by atoms with Gasteiger partial charge in [0.05, 0.1) is 49.3 Å². The molecule has 0 amide bonds. The summed E-state index contributed by atoms with van der Waals surface area (Å²) in [5.41, 5.74) is -5.71. The molecule has 4 aliphatic rings. The van der Waals surface area contributed by atoms with Crippen LogP contribution in [0.5, 0.6) is 0 Å². The van der Waals surface area contributed by atoms with Gasteiger partial charge in [-0.25, -0.2) is 4.79 Å². The normalized spacial score (nSPS) is 44.0. The molecule has 2 aliphatic carbocycles. The number of epoxide rings is 1. The Labute approximate surface area is 264 Å². The molecule has 2 saturated carbocycles. The lowest BCUT2D eigenvalue weighted by molar-refractivity contribution is -0.326. The molecule has 1 spiro atoms. The summed E-state index contributed by atoms with van der Waals surface area (Å²) in [5.74, 6) is -5.98. The molecule has 0 bridgehead atoms. The number of hydrogen-bond acceptors (Lipinski definition) is 13. The van der Waals surface area contributed by atoms with Crippen LogP contribution in [0, 0.1) is 28.6 Å². The molecule has 46 heavy (non-hydrogen) atoms. The van der Waals surface area contributed by atoms with E-state index in [2.05, 4.69) is 0 Å². The van der Waals surface area contributed by atoms with Gasteiger partial charge in [0.15, 0.2) is 12.4 Å². The molecule has 14 atom stereocenters. The fourth-order valence-corrected chi connectivity index (χ4v) is 9.02. The highest BCUT2D eigenvalue weighted by Crippen LogP contribution is 2.72. The van der Waals surface area contributed by atoms with E-state index in [-0.39, 0.29) is 19.3 Å². The minimum atomic E-state index is -1.79. The smallest absolute Gasteiger partial charge is 0.335 e. The summed E-state index contributed by atoms with van der Waals surface area (Å²) in [6, 6.07) is 1.53. The number of carbonyl (C=O) groups excluding carboxylic acids is 1. The zero-order chi connectivity index (χ0) is 34.1. The Morgan fingerprint density at radius 2 is 1.80 bits per heavy atom. The lowest BCUT2D eigenvalue weighted by atomic mass is 9.42. The number of Topliss-reactive ketones (excluding diaryl/α,β-unsaturated/α-hetero) is 1. The first-order valence-electron chi connectivity index (χ1n) is 15.4. The molecule has 5 rings (SSSR count). The zero-order valence-corrected chi connectivity index (χ0v) is 26.1. The molecule has 4 fully saturated rings. The number of ketones is 1. The summed E-state index contributed by atoms with van der Waals surface area (Å²) in [7, 11) is 0. The molecule has 2 saturated heterocycles. The number of fused-ring (bicyclic) bond motifs is 2. The van der Waals surface area contributed by atoms with Crippen molar-refractivity contribution < 1.29 is 73.9 Å². The molecule has 2 aliphatic heterocycles. The van der Waals surface area contributed by atoms with E-state index in [0.29, 0.717) is 5.56 Å². The maximum absolute atomic E-state index is 14.2. The molecule has 8 N–H and O–H groups in total. The number of carboxylic acids is 2. The number of rotatable bonds is 10. The van der Waals surface area contributed by atoms with Crippen molar-refractivity contribution in [3.05, 3.63) is 24.2 Å². The Bertz CT molecular complexity index is 1310. The third kappa shape index (κ3) is 5.20. The van der Waals surface area contributed by atoms with Crippen molar-refractivity contribution >= 4 is 17.7 Å². The van der Waals surface area contributed by atoms with Crippen LogP contribution >= 0.6 is 0 Å². The van der Waals surface area contributed by atoms with Gasteiger partial charge in [-0.15, -0.1) is 0 Å². The van der Waals surface area contributed by atoms with E-state index >= 15 is 0 Å². The third-order valence-corrected chi connectivity index (χ3v) is 11.4. The molecule has 1 aromatic rings. The second-order valence-corrected chi connectivity index (χ2v) is 14.3.